The first-order valence-electron chi connectivity index (χ1n) is 6.65. The predicted octanol–water partition coefficient (Wildman–Crippen LogP) is 2.96. The Balaban J connectivity index is 2.28. The monoisotopic (exact) mass is 290 g/mol. The maximum Gasteiger partial charge on any atom is 0.258 e. The SMILES string of the molecule is NCCCN(C(=O)c1ccc(F)cc1)c1ccc(F)cc1. The van der Waals surface area contributed by atoms with E-state index in [0.717, 1.165) is 0 Å². The van der Waals surface area contributed by atoms with Gasteiger partial charge in [0.25, 0.3) is 5.91 Å². The number of carbonyl (C=O) groups is 1. The van der Waals surface area contributed by atoms with E-state index in [4.69, 9.17) is 5.73 Å². The Labute approximate surface area is 122 Å². The van der Waals surface area contributed by atoms with Crippen molar-refractivity contribution in [2.75, 3.05) is 18.0 Å². The number of anilines is 1. The molecule has 3 nitrogen and oxygen atoms in total. The van der Waals surface area contributed by atoms with Crippen LogP contribution in [0, 0.1) is 11.6 Å². The average Bonchev–Trinajstić information content (AvgIpc) is 2.50. The van der Waals surface area contributed by atoms with E-state index >= 15 is 0 Å². The Bertz CT molecular complexity index is 597. The lowest BCUT2D eigenvalue weighted by molar-refractivity contribution is 0.0986. The summed E-state index contributed by atoms with van der Waals surface area (Å²) in [7, 11) is 0. The highest BCUT2D eigenvalue weighted by molar-refractivity contribution is 6.06. The lowest BCUT2D eigenvalue weighted by Crippen LogP contribution is -2.33. The summed E-state index contributed by atoms with van der Waals surface area (Å²) in [4.78, 5) is 14.0. The number of carbonyl (C=O) groups excluding carboxylic acids is 1. The van der Waals surface area contributed by atoms with E-state index in [1.54, 1.807) is 0 Å². The Morgan fingerprint density at radius 3 is 2.00 bits per heavy atom. The van der Waals surface area contributed by atoms with E-state index in [2.05, 4.69) is 0 Å². The van der Waals surface area contributed by atoms with Gasteiger partial charge in [0.1, 0.15) is 11.6 Å². The molecule has 110 valence electrons. The van der Waals surface area contributed by atoms with Gasteiger partial charge in [-0.05, 0) is 61.5 Å². The van der Waals surface area contributed by atoms with Crippen molar-refractivity contribution < 1.29 is 13.6 Å². The molecular formula is C16H16F2N2O. The summed E-state index contributed by atoms with van der Waals surface area (Å²) >= 11 is 0. The molecule has 2 aromatic carbocycles. The fourth-order valence-corrected chi connectivity index (χ4v) is 1.97. The first-order valence-corrected chi connectivity index (χ1v) is 6.65. The van der Waals surface area contributed by atoms with Gasteiger partial charge in [-0.2, -0.15) is 0 Å². The molecule has 0 heterocycles. The van der Waals surface area contributed by atoms with Gasteiger partial charge < -0.3 is 10.6 Å². The number of nitrogens with zero attached hydrogens (tertiary/aromatic N) is 1. The summed E-state index contributed by atoms with van der Waals surface area (Å²) in [5.41, 5.74) is 6.45. The average molecular weight is 290 g/mol. The van der Waals surface area contributed by atoms with E-state index in [9.17, 15) is 13.6 Å². The largest absolute Gasteiger partial charge is 0.330 e. The molecule has 0 saturated heterocycles. The Morgan fingerprint density at radius 1 is 0.952 bits per heavy atom. The summed E-state index contributed by atoms with van der Waals surface area (Å²) in [5, 5.41) is 0. The molecule has 0 aromatic heterocycles. The van der Waals surface area contributed by atoms with Crippen LogP contribution in [0.25, 0.3) is 0 Å². The van der Waals surface area contributed by atoms with Gasteiger partial charge in [0, 0.05) is 17.8 Å². The fraction of sp³-hybridized carbons (Fsp3) is 0.188. The molecule has 2 aromatic rings. The van der Waals surface area contributed by atoms with E-state index in [1.807, 2.05) is 0 Å². The molecular weight excluding hydrogens is 274 g/mol. The normalized spacial score (nSPS) is 10.4. The third-order valence-corrected chi connectivity index (χ3v) is 3.06. The quantitative estimate of drug-likeness (QED) is 0.920. The zero-order chi connectivity index (χ0) is 15.2. The Morgan fingerprint density at radius 2 is 1.48 bits per heavy atom. The highest BCUT2D eigenvalue weighted by Crippen LogP contribution is 2.18. The summed E-state index contributed by atoms with van der Waals surface area (Å²) in [6.07, 6.45) is 0.615. The molecule has 5 heteroatoms. The topological polar surface area (TPSA) is 46.3 Å². The van der Waals surface area contributed by atoms with E-state index in [-0.39, 0.29) is 11.7 Å². The molecule has 21 heavy (non-hydrogen) atoms. The van der Waals surface area contributed by atoms with Crippen molar-refractivity contribution in [1.82, 2.24) is 0 Å². The second-order valence-corrected chi connectivity index (χ2v) is 4.58. The Hall–Kier alpha value is -2.27. The number of hydrogen-bond acceptors (Lipinski definition) is 2. The van der Waals surface area contributed by atoms with Crippen LogP contribution in [0.5, 0.6) is 0 Å². The van der Waals surface area contributed by atoms with Crippen molar-refractivity contribution >= 4 is 11.6 Å². The van der Waals surface area contributed by atoms with Crippen LogP contribution in [0.1, 0.15) is 16.8 Å². The number of hydrogen-bond donors (Lipinski definition) is 1. The molecule has 0 aliphatic heterocycles. The number of halogens is 2. The highest BCUT2D eigenvalue weighted by atomic mass is 19.1. The first kappa shape index (κ1) is 15.1. The van der Waals surface area contributed by atoms with Gasteiger partial charge in [0.15, 0.2) is 0 Å². The molecule has 2 N–H and O–H groups in total. The molecule has 0 radical (unpaired) electrons. The highest BCUT2D eigenvalue weighted by Gasteiger charge is 2.17. The third kappa shape index (κ3) is 3.86. The van der Waals surface area contributed by atoms with Gasteiger partial charge in [-0.3, -0.25) is 4.79 Å². The minimum Gasteiger partial charge on any atom is -0.330 e. The lowest BCUT2D eigenvalue weighted by atomic mass is 10.1. The predicted molar refractivity (Wildman–Crippen MR) is 78.1 cm³/mol. The van der Waals surface area contributed by atoms with Gasteiger partial charge >= 0.3 is 0 Å². The molecule has 0 saturated carbocycles. The maximum absolute atomic E-state index is 13.0. The molecule has 1 amide bonds. The number of benzene rings is 2. The van der Waals surface area contributed by atoms with Gasteiger partial charge in [-0.15, -0.1) is 0 Å². The first-order chi connectivity index (χ1) is 10.1. The molecule has 0 unspecified atom stereocenters. The van der Waals surface area contributed by atoms with Crippen LogP contribution in [0.3, 0.4) is 0 Å². The summed E-state index contributed by atoms with van der Waals surface area (Å²) < 4.78 is 25.9. The standard InChI is InChI=1S/C16H16F2N2O/c17-13-4-2-12(3-5-13)16(21)20(11-1-10-19)15-8-6-14(18)7-9-15/h2-9H,1,10-11,19H2. The molecule has 2 rings (SSSR count). The van der Waals surface area contributed by atoms with Crippen LogP contribution < -0.4 is 10.6 Å². The second kappa shape index (κ2) is 6.95. The minimum absolute atomic E-state index is 0.268. The zero-order valence-electron chi connectivity index (χ0n) is 11.4. The van der Waals surface area contributed by atoms with Gasteiger partial charge in [-0.25, -0.2) is 8.78 Å². The fourth-order valence-electron chi connectivity index (χ4n) is 1.97. The van der Waals surface area contributed by atoms with Crippen molar-refractivity contribution in [1.29, 1.82) is 0 Å². The van der Waals surface area contributed by atoms with Crippen LogP contribution in [-0.2, 0) is 0 Å². The van der Waals surface area contributed by atoms with Crippen LogP contribution in [0.4, 0.5) is 14.5 Å². The molecule has 0 aliphatic rings. The zero-order valence-corrected chi connectivity index (χ0v) is 11.4. The van der Waals surface area contributed by atoms with Crippen molar-refractivity contribution in [2.24, 2.45) is 5.73 Å². The van der Waals surface area contributed by atoms with Crippen molar-refractivity contribution in [2.45, 2.75) is 6.42 Å². The van der Waals surface area contributed by atoms with Crippen molar-refractivity contribution in [3.8, 4) is 0 Å². The summed E-state index contributed by atoms with van der Waals surface area (Å²) in [5.74, 6) is -1.04. The van der Waals surface area contributed by atoms with E-state index in [1.165, 1.54) is 53.4 Å². The molecule has 0 atom stereocenters. The number of rotatable bonds is 5. The van der Waals surface area contributed by atoms with Gasteiger partial charge in [-0.1, -0.05) is 0 Å². The smallest absolute Gasteiger partial charge is 0.258 e. The third-order valence-electron chi connectivity index (χ3n) is 3.06. The van der Waals surface area contributed by atoms with Gasteiger partial charge in [0.2, 0.25) is 0 Å². The maximum atomic E-state index is 13.0. The van der Waals surface area contributed by atoms with Crippen LogP contribution >= 0.6 is 0 Å². The van der Waals surface area contributed by atoms with Crippen LogP contribution in [-0.4, -0.2) is 19.0 Å². The summed E-state index contributed by atoms with van der Waals surface area (Å²) in [6.45, 7) is 0.854. The minimum atomic E-state index is -0.401. The Kier molecular flexibility index (Phi) is 5.00. The number of nitrogens with two attached hydrogens (primary N) is 1. The van der Waals surface area contributed by atoms with Gasteiger partial charge in [0.05, 0.1) is 0 Å². The van der Waals surface area contributed by atoms with Crippen LogP contribution in [0.2, 0.25) is 0 Å². The molecule has 0 aliphatic carbocycles. The number of amides is 1. The molecule has 0 bridgehead atoms. The van der Waals surface area contributed by atoms with E-state index in [0.29, 0.717) is 30.8 Å². The second-order valence-electron chi connectivity index (χ2n) is 4.58. The molecule has 0 spiro atoms. The molecule has 0 fully saturated rings. The van der Waals surface area contributed by atoms with Crippen LogP contribution in [0.15, 0.2) is 48.5 Å². The van der Waals surface area contributed by atoms with Crippen molar-refractivity contribution in [3.63, 3.8) is 0 Å². The lowest BCUT2D eigenvalue weighted by Gasteiger charge is -2.22. The summed E-state index contributed by atoms with van der Waals surface area (Å²) in [6, 6.07) is 11.0. The van der Waals surface area contributed by atoms with E-state index < -0.39 is 5.82 Å². The van der Waals surface area contributed by atoms with Crippen molar-refractivity contribution in [3.05, 3.63) is 65.7 Å².